The predicted octanol–water partition coefficient (Wildman–Crippen LogP) is 5.44. The summed E-state index contributed by atoms with van der Waals surface area (Å²) in [5, 5.41) is 3.51. The van der Waals surface area contributed by atoms with Crippen LogP contribution in [0, 0.1) is 13.8 Å². The summed E-state index contributed by atoms with van der Waals surface area (Å²) in [4.78, 5) is 25.7. The van der Waals surface area contributed by atoms with Gasteiger partial charge in [-0.25, -0.2) is 0 Å². The first-order valence-corrected chi connectivity index (χ1v) is 9.47. The molecule has 0 fully saturated rings. The molecule has 1 aliphatic rings. The standard InChI is InChI=1S/C23H23NO4/c1-5-23(4)12-16(25)20-18(28-23)11-10-17-19(20)14(3)21(27-17)22(26)24-15-8-6-13(2)7-9-15/h6-11H,5,12H2,1-4H3,(H,24,26)/t23-/m0/s1. The van der Waals surface area contributed by atoms with Crippen LogP contribution in [-0.4, -0.2) is 17.3 Å². The maximum Gasteiger partial charge on any atom is 0.291 e. The Kier molecular flexibility index (Phi) is 4.26. The second kappa shape index (κ2) is 6.51. The van der Waals surface area contributed by atoms with E-state index in [0.717, 1.165) is 12.0 Å². The molecular weight excluding hydrogens is 354 g/mol. The Balaban J connectivity index is 1.75. The number of hydrogen-bond donors (Lipinski definition) is 1. The van der Waals surface area contributed by atoms with E-state index in [0.29, 0.717) is 40.0 Å². The first kappa shape index (κ1) is 18.3. The second-order valence-electron chi connectivity index (χ2n) is 7.69. The molecule has 1 atom stereocenters. The van der Waals surface area contributed by atoms with Gasteiger partial charge in [-0.1, -0.05) is 24.6 Å². The van der Waals surface area contributed by atoms with E-state index in [4.69, 9.17) is 9.15 Å². The topological polar surface area (TPSA) is 68.5 Å². The number of amides is 1. The number of Topliss-reactive ketones (excluding diaryl/α,β-unsaturated/α-hetero) is 1. The van der Waals surface area contributed by atoms with Crippen LogP contribution in [0.2, 0.25) is 0 Å². The van der Waals surface area contributed by atoms with E-state index < -0.39 is 5.60 Å². The predicted molar refractivity (Wildman–Crippen MR) is 108 cm³/mol. The van der Waals surface area contributed by atoms with Gasteiger partial charge in [0, 0.05) is 16.6 Å². The quantitative estimate of drug-likeness (QED) is 0.660. The number of fused-ring (bicyclic) bond motifs is 3. The zero-order valence-electron chi connectivity index (χ0n) is 16.5. The molecule has 0 aliphatic carbocycles. The third-order valence-corrected chi connectivity index (χ3v) is 5.49. The van der Waals surface area contributed by atoms with Gasteiger partial charge in [0.05, 0.1) is 12.0 Å². The van der Waals surface area contributed by atoms with Crippen molar-refractivity contribution in [2.45, 2.75) is 46.1 Å². The van der Waals surface area contributed by atoms with Crippen LogP contribution in [0.15, 0.2) is 40.8 Å². The summed E-state index contributed by atoms with van der Waals surface area (Å²) in [6.07, 6.45) is 1.05. The Morgan fingerprint density at radius 2 is 1.86 bits per heavy atom. The molecule has 1 amide bonds. The number of carbonyl (C=O) groups is 2. The minimum atomic E-state index is -0.499. The highest BCUT2D eigenvalue weighted by Crippen LogP contribution is 2.41. The number of benzene rings is 2. The van der Waals surface area contributed by atoms with Gasteiger partial charge in [-0.3, -0.25) is 9.59 Å². The number of hydrogen-bond acceptors (Lipinski definition) is 4. The van der Waals surface area contributed by atoms with Crippen molar-refractivity contribution >= 4 is 28.3 Å². The Morgan fingerprint density at radius 3 is 2.54 bits per heavy atom. The third kappa shape index (κ3) is 2.97. The Hall–Kier alpha value is -3.08. The molecular formula is C23H23NO4. The van der Waals surface area contributed by atoms with Crippen LogP contribution >= 0.6 is 0 Å². The van der Waals surface area contributed by atoms with Crippen LogP contribution in [0.3, 0.4) is 0 Å². The number of rotatable bonds is 3. The zero-order chi connectivity index (χ0) is 20.1. The third-order valence-electron chi connectivity index (χ3n) is 5.49. The lowest BCUT2D eigenvalue weighted by atomic mass is 9.87. The van der Waals surface area contributed by atoms with Crippen molar-refractivity contribution < 1.29 is 18.7 Å². The number of carbonyl (C=O) groups excluding carboxylic acids is 2. The smallest absolute Gasteiger partial charge is 0.291 e. The normalized spacial score (nSPS) is 18.6. The van der Waals surface area contributed by atoms with Crippen molar-refractivity contribution in [3.63, 3.8) is 0 Å². The Labute approximate surface area is 163 Å². The van der Waals surface area contributed by atoms with Crippen molar-refractivity contribution in [1.29, 1.82) is 0 Å². The fourth-order valence-corrected chi connectivity index (χ4v) is 3.65. The fraction of sp³-hybridized carbons (Fsp3) is 0.304. The summed E-state index contributed by atoms with van der Waals surface area (Å²) in [6, 6.07) is 11.1. The van der Waals surface area contributed by atoms with Crippen LogP contribution < -0.4 is 10.1 Å². The van der Waals surface area contributed by atoms with E-state index in [2.05, 4.69) is 5.32 Å². The average Bonchev–Trinajstić information content (AvgIpc) is 3.00. The van der Waals surface area contributed by atoms with Gasteiger partial charge in [-0.15, -0.1) is 0 Å². The van der Waals surface area contributed by atoms with Gasteiger partial charge in [0.2, 0.25) is 0 Å². The van der Waals surface area contributed by atoms with Gasteiger partial charge in [0.1, 0.15) is 16.9 Å². The monoisotopic (exact) mass is 377 g/mol. The second-order valence-corrected chi connectivity index (χ2v) is 7.69. The van der Waals surface area contributed by atoms with Crippen LogP contribution in [0.1, 0.15) is 58.7 Å². The molecule has 1 aliphatic heterocycles. The van der Waals surface area contributed by atoms with Gasteiger partial charge in [-0.2, -0.15) is 0 Å². The molecule has 0 unspecified atom stereocenters. The summed E-state index contributed by atoms with van der Waals surface area (Å²) in [7, 11) is 0. The van der Waals surface area contributed by atoms with E-state index in [1.54, 1.807) is 19.1 Å². The van der Waals surface area contributed by atoms with Crippen LogP contribution in [0.4, 0.5) is 5.69 Å². The number of aryl methyl sites for hydroxylation is 2. The molecule has 28 heavy (non-hydrogen) atoms. The van der Waals surface area contributed by atoms with E-state index in [9.17, 15) is 9.59 Å². The van der Waals surface area contributed by atoms with Crippen LogP contribution in [0.5, 0.6) is 5.75 Å². The first-order valence-electron chi connectivity index (χ1n) is 9.47. The summed E-state index contributed by atoms with van der Waals surface area (Å²) < 4.78 is 11.9. The van der Waals surface area contributed by atoms with E-state index >= 15 is 0 Å². The number of anilines is 1. The lowest BCUT2D eigenvalue weighted by molar-refractivity contribution is 0.0503. The number of ether oxygens (including phenoxy) is 1. The molecule has 0 bridgehead atoms. The van der Waals surface area contributed by atoms with Crippen molar-refractivity contribution in [3.05, 3.63) is 58.8 Å². The summed E-state index contributed by atoms with van der Waals surface area (Å²) in [6.45, 7) is 7.74. The molecule has 3 aromatic rings. The lowest BCUT2D eigenvalue weighted by Gasteiger charge is -2.34. The zero-order valence-corrected chi connectivity index (χ0v) is 16.5. The minimum Gasteiger partial charge on any atom is -0.486 e. The number of ketones is 1. The molecule has 5 heteroatoms. The number of furan rings is 1. The average molecular weight is 377 g/mol. The van der Waals surface area contributed by atoms with Crippen molar-refractivity contribution in [2.75, 3.05) is 5.32 Å². The maximum atomic E-state index is 12.9. The molecule has 5 nitrogen and oxygen atoms in total. The molecule has 4 rings (SSSR count). The largest absolute Gasteiger partial charge is 0.486 e. The van der Waals surface area contributed by atoms with E-state index in [1.807, 2.05) is 45.0 Å². The summed E-state index contributed by atoms with van der Waals surface area (Å²) in [5.74, 6) is 0.447. The maximum absolute atomic E-state index is 12.9. The SMILES string of the molecule is CC[C@@]1(C)CC(=O)c2c(ccc3oc(C(=O)Nc4ccc(C)cc4)c(C)c23)O1. The van der Waals surface area contributed by atoms with Gasteiger partial charge in [0.15, 0.2) is 11.5 Å². The van der Waals surface area contributed by atoms with E-state index in [1.165, 1.54) is 0 Å². The first-order chi connectivity index (χ1) is 13.3. The lowest BCUT2D eigenvalue weighted by Crippen LogP contribution is -2.38. The fourth-order valence-electron chi connectivity index (χ4n) is 3.65. The van der Waals surface area contributed by atoms with Gasteiger partial charge in [-0.05, 0) is 51.5 Å². The van der Waals surface area contributed by atoms with Gasteiger partial charge in [0.25, 0.3) is 5.91 Å². The Bertz CT molecular complexity index is 1090. The minimum absolute atomic E-state index is 0.0191. The van der Waals surface area contributed by atoms with Crippen LogP contribution in [-0.2, 0) is 0 Å². The number of nitrogens with one attached hydrogen (secondary N) is 1. The van der Waals surface area contributed by atoms with Crippen molar-refractivity contribution in [2.24, 2.45) is 0 Å². The van der Waals surface area contributed by atoms with Crippen molar-refractivity contribution in [3.8, 4) is 5.75 Å². The Morgan fingerprint density at radius 1 is 1.14 bits per heavy atom. The van der Waals surface area contributed by atoms with Gasteiger partial charge >= 0.3 is 0 Å². The van der Waals surface area contributed by atoms with E-state index in [-0.39, 0.29) is 17.5 Å². The molecule has 2 heterocycles. The summed E-state index contributed by atoms with van der Waals surface area (Å²) in [5.41, 5.74) is 2.98. The van der Waals surface area contributed by atoms with Gasteiger partial charge < -0.3 is 14.5 Å². The van der Waals surface area contributed by atoms with Crippen LogP contribution in [0.25, 0.3) is 11.0 Å². The molecule has 1 N–H and O–H groups in total. The highest BCUT2D eigenvalue weighted by molar-refractivity contribution is 6.14. The molecule has 0 radical (unpaired) electrons. The molecule has 0 saturated heterocycles. The molecule has 1 aromatic heterocycles. The van der Waals surface area contributed by atoms with Crippen molar-refractivity contribution in [1.82, 2.24) is 0 Å². The highest BCUT2D eigenvalue weighted by Gasteiger charge is 2.37. The molecule has 2 aromatic carbocycles. The molecule has 144 valence electrons. The summed E-state index contributed by atoms with van der Waals surface area (Å²) >= 11 is 0. The molecule has 0 spiro atoms. The highest BCUT2D eigenvalue weighted by atomic mass is 16.5. The molecule has 0 saturated carbocycles.